The molecule has 0 aliphatic heterocycles. The molecule has 0 aromatic heterocycles. The summed E-state index contributed by atoms with van der Waals surface area (Å²) < 4.78 is 26.7. The Bertz CT molecular complexity index is 835. The van der Waals surface area contributed by atoms with Crippen LogP contribution in [0.1, 0.15) is 30.6 Å². The first-order chi connectivity index (χ1) is 12.8. The molecule has 0 aliphatic carbocycles. The van der Waals surface area contributed by atoms with E-state index in [9.17, 15) is 13.2 Å². The standard InChI is InChI=1S/C20H27N3O3S/c1-16(2)22-27(25,26)19-12-10-17(11-13-19)20(24)21-14-7-15-23(3)18-8-5-4-6-9-18/h4-6,8-13,16,22H,7,14-15H2,1-3H3,(H,21,24). The molecule has 0 fully saturated rings. The lowest BCUT2D eigenvalue weighted by Crippen LogP contribution is -2.30. The first-order valence-electron chi connectivity index (χ1n) is 8.96. The van der Waals surface area contributed by atoms with Crippen molar-refractivity contribution in [1.82, 2.24) is 10.0 Å². The molecule has 27 heavy (non-hydrogen) atoms. The number of rotatable bonds is 9. The van der Waals surface area contributed by atoms with Crippen LogP contribution < -0.4 is 14.9 Å². The van der Waals surface area contributed by atoms with Gasteiger partial charge >= 0.3 is 0 Å². The van der Waals surface area contributed by atoms with Gasteiger partial charge in [0.15, 0.2) is 0 Å². The fourth-order valence-electron chi connectivity index (χ4n) is 2.60. The third-order valence-electron chi connectivity index (χ3n) is 3.97. The maximum absolute atomic E-state index is 12.2. The van der Waals surface area contributed by atoms with Crippen LogP contribution in [0.4, 0.5) is 5.69 Å². The Hall–Kier alpha value is -2.38. The van der Waals surface area contributed by atoms with E-state index in [1.165, 1.54) is 24.3 Å². The number of hydrogen-bond acceptors (Lipinski definition) is 4. The number of benzene rings is 2. The van der Waals surface area contributed by atoms with E-state index in [-0.39, 0.29) is 16.8 Å². The number of carbonyl (C=O) groups is 1. The van der Waals surface area contributed by atoms with Crippen molar-refractivity contribution in [3.63, 3.8) is 0 Å². The minimum atomic E-state index is -3.55. The van der Waals surface area contributed by atoms with Gasteiger partial charge in [-0.25, -0.2) is 13.1 Å². The Labute approximate surface area is 161 Å². The van der Waals surface area contributed by atoms with Gasteiger partial charge in [0.25, 0.3) is 5.91 Å². The maximum Gasteiger partial charge on any atom is 0.251 e. The Morgan fingerprint density at radius 3 is 2.26 bits per heavy atom. The van der Waals surface area contributed by atoms with Crippen LogP contribution in [0.2, 0.25) is 0 Å². The fraction of sp³-hybridized carbons (Fsp3) is 0.350. The lowest BCUT2D eigenvalue weighted by atomic mass is 10.2. The summed E-state index contributed by atoms with van der Waals surface area (Å²) in [6.07, 6.45) is 0.807. The summed E-state index contributed by atoms with van der Waals surface area (Å²) in [6, 6.07) is 15.8. The highest BCUT2D eigenvalue weighted by Gasteiger charge is 2.15. The molecule has 2 aromatic carbocycles. The fourth-order valence-corrected chi connectivity index (χ4v) is 3.85. The van der Waals surface area contributed by atoms with Crippen molar-refractivity contribution in [2.75, 3.05) is 25.0 Å². The molecule has 0 bridgehead atoms. The zero-order chi connectivity index (χ0) is 19.9. The van der Waals surface area contributed by atoms with E-state index in [1.807, 2.05) is 37.4 Å². The summed E-state index contributed by atoms with van der Waals surface area (Å²) in [5.41, 5.74) is 1.57. The molecule has 0 saturated carbocycles. The van der Waals surface area contributed by atoms with Crippen LogP contribution in [0.3, 0.4) is 0 Å². The summed E-state index contributed by atoms with van der Waals surface area (Å²) in [5.74, 6) is -0.210. The predicted octanol–water partition coefficient (Wildman–Crippen LogP) is 2.63. The van der Waals surface area contributed by atoms with Crippen molar-refractivity contribution in [3.05, 3.63) is 60.2 Å². The van der Waals surface area contributed by atoms with Gasteiger partial charge in [0, 0.05) is 37.4 Å². The van der Waals surface area contributed by atoms with E-state index >= 15 is 0 Å². The van der Waals surface area contributed by atoms with Crippen molar-refractivity contribution < 1.29 is 13.2 Å². The molecule has 2 N–H and O–H groups in total. The van der Waals surface area contributed by atoms with E-state index in [2.05, 4.69) is 14.9 Å². The van der Waals surface area contributed by atoms with E-state index in [1.54, 1.807) is 13.8 Å². The number of amides is 1. The predicted molar refractivity (Wildman–Crippen MR) is 109 cm³/mol. The molecule has 0 atom stereocenters. The molecular weight excluding hydrogens is 362 g/mol. The Morgan fingerprint density at radius 1 is 1.04 bits per heavy atom. The molecule has 146 valence electrons. The number of hydrogen-bond donors (Lipinski definition) is 2. The summed E-state index contributed by atoms with van der Waals surface area (Å²) >= 11 is 0. The molecule has 0 spiro atoms. The van der Waals surface area contributed by atoms with Gasteiger partial charge in [-0.15, -0.1) is 0 Å². The minimum absolute atomic E-state index is 0.150. The molecule has 0 unspecified atom stereocenters. The number of nitrogens with zero attached hydrogens (tertiary/aromatic N) is 1. The van der Waals surface area contributed by atoms with Crippen molar-refractivity contribution in [1.29, 1.82) is 0 Å². The molecule has 0 radical (unpaired) electrons. The van der Waals surface area contributed by atoms with Crippen LogP contribution in [-0.4, -0.2) is 40.5 Å². The van der Waals surface area contributed by atoms with Gasteiger partial charge in [0.2, 0.25) is 10.0 Å². The highest BCUT2D eigenvalue weighted by molar-refractivity contribution is 7.89. The Kier molecular flexibility index (Phi) is 7.38. The number of sulfonamides is 1. The van der Waals surface area contributed by atoms with Crippen LogP contribution in [-0.2, 0) is 10.0 Å². The molecule has 7 heteroatoms. The Balaban J connectivity index is 1.82. The van der Waals surface area contributed by atoms with Crippen LogP contribution in [0, 0.1) is 0 Å². The topological polar surface area (TPSA) is 78.5 Å². The van der Waals surface area contributed by atoms with Crippen molar-refractivity contribution >= 4 is 21.6 Å². The zero-order valence-electron chi connectivity index (χ0n) is 16.0. The third-order valence-corrected chi connectivity index (χ3v) is 5.64. The van der Waals surface area contributed by atoms with Crippen molar-refractivity contribution in [2.24, 2.45) is 0 Å². The molecule has 6 nitrogen and oxygen atoms in total. The quantitative estimate of drug-likeness (QED) is 0.646. The molecule has 2 rings (SSSR count). The van der Waals surface area contributed by atoms with Gasteiger partial charge in [-0.3, -0.25) is 4.79 Å². The number of anilines is 1. The van der Waals surface area contributed by atoms with Gasteiger partial charge in [0.05, 0.1) is 4.90 Å². The SMILES string of the molecule is CC(C)NS(=O)(=O)c1ccc(C(=O)NCCCN(C)c2ccccc2)cc1. The molecule has 0 aliphatic rings. The second-order valence-electron chi connectivity index (χ2n) is 6.67. The molecular formula is C20H27N3O3S. The first kappa shape index (κ1) is 20.9. The number of carbonyl (C=O) groups excluding carboxylic acids is 1. The van der Waals surface area contributed by atoms with Gasteiger partial charge < -0.3 is 10.2 Å². The summed E-state index contributed by atoms with van der Waals surface area (Å²) in [5, 5.41) is 2.87. The maximum atomic E-state index is 12.2. The van der Waals surface area contributed by atoms with Crippen LogP contribution >= 0.6 is 0 Å². The van der Waals surface area contributed by atoms with Gasteiger partial charge in [-0.1, -0.05) is 18.2 Å². The monoisotopic (exact) mass is 389 g/mol. The number of nitrogens with one attached hydrogen (secondary N) is 2. The summed E-state index contributed by atoms with van der Waals surface area (Å²) in [6.45, 7) is 4.89. The lowest BCUT2D eigenvalue weighted by molar-refractivity contribution is 0.0953. The van der Waals surface area contributed by atoms with E-state index in [0.717, 1.165) is 18.7 Å². The lowest BCUT2D eigenvalue weighted by Gasteiger charge is -2.19. The first-order valence-corrected chi connectivity index (χ1v) is 10.4. The smallest absolute Gasteiger partial charge is 0.251 e. The number of para-hydroxylation sites is 1. The average Bonchev–Trinajstić information content (AvgIpc) is 2.64. The van der Waals surface area contributed by atoms with Crippen LogP contribution in [0.5, 0.6) is 0 Å². The molecule has 0 saturated heterocycles. The average molecular weight is 390 g/mol. The van der Waals surface area contributed by atoms with Crippen molar-refractivity contribution in [3.8, 4) is 0 Å². The van der Waals surface area contributed by atoms with E-state index < -0.39 is 10.0 Å². The minimum Gasteiger partial charge on any atom is -0.375 e. The zero-order valence-corrected chi connectivity index (χ0v) is 16.8. The van der Waals surface area contributed by atoms with Gasteiger partial charge in [-0.2, -0.15) is 0 Å². The second kappa shape index (κ2) is 9.53. The highest BCUT2D eigenvalue weighted by Crippen LogP contribution is 2.12. The van der Waals surface area contributed by atoms with Gasteiger partial charge in [0.1, 0.15) is 0 Å². The summed E-state index contributed by atoms with van der Waals surface area (Å²) in [7, 11) is -1.53. The third kappa shape index (κ3) is 6.37. The van der Waals surface area contributed by atoms with Gasteiger partial charge in [-0.05, 0) is 56.7 Å². The normalized spacial score (nSPS) is 11.4. The molecule has 0 heterocycles. The summed E-state index contributed by atoms with van der Waals surface area (Å²) in [4.78, 5) is 14.5. The van der Waals surface area contributed by atoms with E-state index in [4.69, 9.17) is 0 Å². The second-order valence-corrected chi connectivity index (χ2v) is 8.38. The largest absolute Gasteiger partial charge is 0.375 e. The van der Waals surface area contributed by atoms with Crippen LogP contribution in [0.15, 0.2) is 59.5 Å². The van der Waals surface area contributed by atoms with Crippen LogP contribution in [0.25, 0.3) is 0 Å². The van der Waals surface area contributed by atoms with E-state index in [0.29, 0.717) is 12.1 Å². The molecule has 1 amide bonds. The molecule has 2 aromatic rings. The Morgan fingerprint density at radius 2 is 1.67 bits per heavy atom. The highest BCUT2D eigenvalue weighted by atomic mass is 32.2. The van der Waals surface area contributed by atoms with Crippen molar-refractivity contribution in [2.45, 2.75) is 31.2 Å².